The topological polar surface area (TPSA) is 0 Å². The van der Waals surface area contributed by atoms with E-state index in [1.165, 1.54) is 0 Å². The molecule has 0 heteroatoms. The summed E-state index contributed by atoms with van der Waals surface area (Å²) in [5.74, 6) is 22.5. The third kappa shape index (κ3) is 4.29. The predicted octanol–water partition coefficient (Wildman–Crippen LogP) is 11.3. The van der Waals surface area contributed by atoms with E-state index in [1.807, 2.05) is 0 Å². The van der Waals surface area contributed by atoms with Gasteiger partial charge in [-0.2, -0.15) is 0 Å². The highest BCUT2D eigenvalue weighted by molar-refractivity contribution is 5.10. The average molecular weight is 565 g/mol. The summed E-state index contributed by atoms with van der Waals surface area (Å²) in [5.41, 5.74) is 0. The van der Waals surface area contributed by atoms with E-state index in [9.17, 15) is 0 Å². The molecule has 6 aliphatic carbocycles. The van der Waals surface area contributed by atoms with Crippen LogP contribution in [0, 0.1) is 142 Å². The van der Waals surface area contributed by atoms with Gasteiger partial charge in [0.1, 0.15) is 0 Å². The zero-order valence-electron chi connectivity index (χ0n) is 30.0. The summed E-state index contributed by atoms with van der Waals surface area (Å²) in [6.45, 7) is 37.3. The van der Waals surface area contributed by atoms with Crippen LogP contribution in [0.2, 0.25) is 0 Å². The Morgan fingerprint density at radius 1 is 0.268 bits per heavy atom. The molecule has 24 atom stereocenters. The first-order valence-electron chi connectivity index (χ1n) is 19.2. The van der Waals surface area contributed by atoms with Gasteiger partial charge < -0.3 is 0 Å². The molecule has 6 aliphatic rings. The molecule has 0 bridgehead atoms. The third-order valence-electron chi connectivity index (χ3n) is 19.0. The zero-order chi connectivity index (χ0) is 30.0. The first kappa shape index (κ1) is 31.0. The zero-order valence-corrected chi connectivity index (χ0v) is 30.0. The minimum Gasteiger partial charge on any atom is -0.0620 e. The van der Waals surface area contributed by atoms with Gasteiger partial charge in [0.15, 0.2) is 0 Å². The molecule has 0 aliphatic heterocycles. The Morgan fingerprint density at radius 3 is 0.829 bits per heavy atom. The van der Waals surface area contributed by atoms with Crippen molar-refractivity contribution in [2.75, 3.05) is 0 Å². The first-order chi connectivity index (χ1) is 19.2. The van der Waals surface area contributed by atoms with Crippen LogP contribution < -0.4 is 0 Å². The molecule has 0 aromatic carbocycles. The summed E-state index contributed by atoms with van der Waals surface area (Å²) in [7, 11) is 0. The van der Waals surface area contributed by atoms with Crippen LogP contribution in [0.3, 0.4) is 0 Å². The van der Waals surface area contributed by atoms with Crippen LogP contribution in [-0.4, -0.2) is 0 Å². The quantitative estimate of drug-likeness (QED) is 0.313. The maximum atomic E-state index is 2.72. The van der Waals surface area contributed by atoms with Gasteiger partial charge >= 0.3 is 0 Å². The van der Waals surface area contributed by atoms with Crippen LogP contribution in [0.4, 0.5) is 0 Å². The van der Waals surface area contributed by atoms with Gasteiger partial charge in [-0.3, -0.25) is 0 Å². The van der Waals surface area contributed by atoms with Crippen molar-refractivity contribution in [2.24, 2.45) is 142 Å². The Balaban J connectivity index is 1.33. The second kappa shape index (κ2) is 10.8. The van der Waals surface area contributed by atoms with Gasteiger partial charge in [-0.25, -0.2) is 0 Å². The lowest BCUT2D eigenvalue weighted by Gasteiger charge is -2.55. The molecule has 236 valence electrons. The van der Waals surface area contributed by atoms with E-state index in [-0.39, 0.29) is 0 Å². The fourth-order valence-corrected chi connectivity index (χ4v) is 15.1. The van der Waals surface area contributed by atoms with Crippen molar-refractivity contribution in [1.29, 1.82) is 0 Å². The Labute approximate surface area is 257 Å². The van der Waals surface area contributed by atoms with Crippen molar-refractivity contribution >= 4 is 0 Å². The molecular formula is C41H72. The van der Waals surface area contributed by atoms with Crippen molar-refractivity contribution in [3.63, 3.8) is 0 Å². The molecule has 0 spiro atoms. The first-order valence-corrected chi connectivity index (χ1v) is 19.2. The van der Waals surface area contributed by atoms with Crippen molar-refractivity contribution in [3.05, 3.63) is 0 Å². The van der Waals surface area contributed by atoms with Gasteiger partial charge in [0, 0.05) is 0 Å². The van der Waals surface area contributed by atoms with Crippen molar-refractivity contribution in [2.45, 2.75) is 116 Å². The maximum Gasteiger partial charge on any atom is -0.0321 e. The highest BCUT2D eigenvalue weighted by Crippen LogP contribution is 2.68. The highest BCUT2D eigenvalue weighted by atomic mass is 14.7. The van der Waals surface area contributed by atoms with Crippen molar-refractivity contribution < 1.29 is 0 Å². The number of fused-ring (bicyclic) bond motifs is 6. The van der Waals surface area contributed by atoms with Gasteiger partial charge in [-0.05, 0) is 161 Å². The molecule has 0 heterocycles. The van der Waals surface area contributed by atoms with Gasteiger partial charge in [-0.1, -0.05) is 96.9 Å². The molecule has 0 aromatic rings. The molecule has 24 unspecified atom stereocenters. The van der Waals surface area contributed by atoms with Gasteiger partial charge in [0.2, 0.25) is 0 Å². The molecule has 6 fully saturated rings. The fourth-order valence-electron chi connectivity index (χ4n) is 15.1. The lowest BCUT2D eigenvalue weighted by Crippen LogP contribution is -2.50. The third-order valence-corrected chi connectivity index (χ3v) is 19.0. The van der Waals surface area contributed by atoms with Crippen LogP contribution >= 0.6 is 0 Å². The largest absolute Gasteiger partial charge is 0.0620 e. The van der Waals surface area contributed by atoms with E-state index >= 15 is 0 Å². The Bertz CT molecular complexity index is 860. The molecule has 0 aromatic heterocycles. The van der Waals surface area contributed by atoms with Crippen LogP contribution in [0.5, 0.6) is 0 Å². The molecule has 0 nitrogen and oxygen atoms in total. The Morgan fingerprint density at radius 2 is 0.512 bits per heavy atom. The van der Waals surface area contributed by atoms with E-state index in [0.717, 1.165) is 142 Å². The van der Waals surface area contributed by atoms with E-state index in [1.54, 1.807) is 19.3 Å². The summed E-state index contributed by atoms with van der Waals surface area (Å²) < 4.78 is 0. The number of rotatable bonds is 2. The van der Waals surface area contributed by atoms with E-state index in [4.69, 9.17) is 0 Å². The average Bonchev–Trinajstić information content (AvgIpc) is 3.55. The lowest BCUT2D eigenvalue weighted by molar-refractivity contribution is -0.0723. The monoisotopic (exact) mass is 565 g/mol. The van der Waals surface area contributed by atoms with Crippen molar-refractivity contribution in [1.82, 2.24) is 0 Å². The van der Waals surface area contributed by atoms with Crippen molar-refractivity contribution in [3.8, 4) is 0 Å². The standard InChI is InChI=1S/C41H72/c1-18-20(3)28(11)38-34(26(18)9)16-36-32(24(7)22(5)30(13)40(36)38)15-33-25(8)23(6)31(14)41-37(33)17-35-27(10)19(2)21(4)29(12)39(35)41/h18-41H,15-17H2,1-14H3. The molecular weight excluding hydrogens is 492 g/mol. The molecule has 41 heavy (non-hydrogen) atoms. The smallest absolute Gasteiger partial charge is 0.0321 e. The number of hydrogen-bond acceptors (Lipinski definition) is 0. The van der Waals surface area contributed by atoms with Crippen LogP contribution in [0.1, 0.15) is 116 Å². The lowest BCUT2D eigenvalue weighted by atomic mass is 9.50. The number of hydrogen-bond donors (Lipinski definition) is 0. The normalized spacial score (nSPS) is 65.7. The van der Waals surface area contributed by atoms with Gasteiger partial charge in [-0.15, -0.1) is 0 Å². The summed E-state index contributed by atoms with van der Waals surface area (Å²) >= 11 is 0. The van der Waals surface area contributed by atoms with E-state index < -0.39 is 0 Å². The molecule has 0 saturated heterocycles. The summed E-state index contributed by atoms with van der Waals surface area (Å²) in [4.78, 5) is 0. The Kier molecular flexibility index (Phi) is 8.18. The predicted molar refractivity (Wildman–Crippen MR) is 177 cm³/mol. The minimum atomic E-state index is 0.885. The molecule has 0 radical (unpaired) electrons. The van der Waals surface area contributed by atoms with Gasteiger partial charge in [0.25, 0.3) is 0 Å². The van der Waals surface area contributed by atoms with E-state index in [2.05, 4.69) is 96.9 Å². The Hall–Kier alpha value is 0. The highest BCUT2D eigenvalue weighted by Gasteiger charge is 2.62. The minimum absolute atomic E-state index is 0.885. The van der Waals surface area contributed by atoms with Crippen LogP contribution in [0.15, 0.2) is 0 Å². The molecule has 0 N–H and O–H groups in total. The SMILES string of the molecule is CC1C(C)C(C)C2C(CC3C(CC4C(C)C(C)C(C)C5C4CC4C(C)C(C)C(C)C(C)C45)C(C)C(C)C(C)C32)C1C. The summed E-state index contributed by atoms with van der Waals surface area (Å²) in [5, 5.41) is 0. The van der Waals surface area contributed by atoms with Gasteiger partial charge in [0.05, 0.1) is 0 Å². The molecule has 0 amide bonds. The van der Waals surface area contributed by atoms with Crippen LogP contribution in [0.25, 0.3) is 0 Å². The van der Waals surface area contributed by atoms with E-state index in [0.29, 0.717) is 0 Å². The summed E-state index contributed by atoms with van der Waals surface area (Å²) in [6, 6.07) is 0. The molecule has 6 saturated carbocycles. The van der Waals surface area contributed by atoms with Crippen LogP contribution in [-0.2, 0) is 0 Å². The maximum absolute atomic E-state index is 2.72. The second-order valence-corrected chi connectivity index (χ2v) is 19.0. The summed E-state index contributed by atoms with van der Waals surface area (Å²) in [6.07, 6.45) is 4.71. The molecule has 6 rings (SSSR count). The fraction of sp³-hybridized carbons (Fsp3) is 1.00. The second-order valence-electron chi connectivity index (χ2n) is 19.0.